The summed E-state index contributed by atoms with van der Waals surface area (Å²) in [4.78, 5) is 4.12. The molecule has 1 unspecified atom stereocenters. The Labute approximate surface area is 98.9 Å². The van der Waals surface area contributed by atoms with Crippen LogP contribution in [-0.4, -0.2) is 18.1 Å². The van der Waals surface area contributed by atoms with Crippen LogP contribution in [0.4, 0.5) is 0 Å². The lowest BCUT2D eigenvalue weighted by Gasteiger charge is -2.17. The van der Waals surface area contributed by atoms with E-state index in [0.717, 1.165) is 22.2 Å². The lowest BCUT2D eigenvalue weighted by Crippen LogP contribution is -2.29. The summed E-state index contributed by atoms with van der Waals surface area (Å²) in [7, 11) is 0. The summed E-state index contributed by atoms with van der Waals surface area (Å²) >= 11 is 3.39. The van der Waals surface area contributed by atoms with Crippen molar-refractivity contribution >= 4 is 15.9 Å². The molecule has 4 heteroatoms. The molecule has 0 spiro atoms. The summed E-state index contributed by atoms with van der Waals surface area (Å²) in [5.41, 5.74) is 7.89. The molecular formula is C11H16BrN3. The maximum atomic E-state index is 5.71. The number of nitrogens with zero attached hydrogens (tertiary/aromatic N) is 1. The standard InChI is InChI=1S/C11H16BrN3/c1-8(2)5-15-11(4-13)9-3-10(12)7-14-6-9/h3,6-7,11,15H,1,4-5,13H2,2H3. The first-order chi connectivity index (χ1) is 7.13. The molecule has 3 nitrogen and oxygen atoms in total. The minimum Gasteiger partial charge on any atom is -0.329 e. The number of hydrogen-bond donors (Lipinski definition) is 2. The van der Waals surface area contributed by atoms with Crippen molar-refractivity contribution in [1.29, 1.82) is 0 Å². The van der Waals surface area contributed by atoms with Crippen LogP contribution >= 0.6 is 15.9 Å². The summed E-state index contributed by atoms with van der Waals surface area (Å²) in [5.74, 6) is 0. The molecule has 82 valence electrons. The Morgan fingerprint density at radius 2 is 2.40 bits per heavy atom. The van der Waals surface area contributed by atoms with Crippen LogP contribution in [0.5, 0.6) is 0 Å². The van der Waals surface area contributed by atoms with Crippen LogP contribution in [0, 0.1) is 0 Å². The molecule has 0 saturated carbocycles. The monoisotopic (exact) mass is 269 g/mol. The van der Waals surface area contributed by atoms with E-state index in [9.17, 15) is 0 Å². The van der Waals surface area contributed by atoms with Gasteiger partial charge in [-0.15, -0.1) is 0 Å². The first-order valence-electron chi connectivity index (χ1n) is 4.81. The maximum Gasteiger partial charge on any atom is 0.0462 e. The molecule has 1 aromatic heterocycles. The molecule has 0 amide bonds. The van der Waals surface area contributed by atoms with Gasteiger partial charge >= 0.3 is 0 Å². The lowest BCUT2D eigenvalue weighted by molar-refractivity contribution is 0.567. The fourth-order valence-corrected chi connectivity index (χ4v) is 1.64. The van der Waals surface area contributed by atoms with Crippen molar-refractivity contribution in [2.24, 2.45) is 5.73 Å². The van der Waals surface area contributed by atoms with E-state index < -0.39 is 0 Å². The molecule has 0 radical (unpaired) electrons. The Bertz CT molecular complexity index is 338. The van der Waals surface area contributed by atoms with E-state index in [1.807, 2.05) is 19.2 Å². The van der Waals surface area contributed by atoms with E-state index in [4.69, 9.17) is 5.73 Å². The number of halogens is 1. The third-order valence-electron chi connectivity index (χ3n) is 2.01. The predicted molar refractivity (Wildman–Crippen MR) is 66.5 cm³/mol. The number of nitrogens with two attached hydrogens (primary N) is 1. The Morgan fingerprint density at radius 3 is 2.93 bits per heavy atom. The zero-order chi connectivity index (χ0) is 11.3. The van der Waals surface area contributed by atoms with Gasteiger partial charge in [0.25, 0.3) is 0 Å². The summed E-state index contributed by atoms with van der Waals surface area (Å²) in [6.45, 7) is 7.15. The van der Waals surface area contributed by atoms with Gasteiger partial charge in [-0.25, -0.2) is 0 Å². The van der Waals surface area contributed by atoms with Crippen LogP contribution in [0.15, 0.2) is 35.1 Å². The highest BCUT2D eigenvalue weighted by Crippen LogP contribution is 2.15. The third kappa shape index (κ3) is 4.11. The maximum absolute atomic E-state index is 5.71. The van der Waals surface area contributed by atoms with Crippen LogP contribution in [0.1, 0.15) is 18.5 Å². The molecule has 0 saturated heterocycles. The second kappa shape index (κ2) is 6.00. The van der Waals surface area contributed by atoms with Crippen LogP contribution in [-0.2, 0) is 0 Å². The minimum atomic E-state index is 0.131. The normalized spacial score (nSPS) is 12.5. The van der Waals surface area contributed by atoms with Gasteiger partial charge in [-0.3, -0.25) is 4.98 Å². The number of pyridine rings is 1. The van der Waals surface area contributed by atoms with Crippen LogP contribution in [0.3, 0.4) is 0 Å². The molecule has 0 aliphatic rings. The molecule has 15 heavy (non-hydrogen) atoms. The summed E-state index contributed by atoms with van der Waals surface area (Å²) < 4.78 is 0.968. The molecule has 0 bridgehead atoms. The van der Waals surface area contributed by atoms with Crippen molar-refractivity contribution in [3.63, 3.8) is 0 Å². The molecule has 0 aliphatic heterocycles. The zero-order valence-corrected chi connectivity index (χ0v) is 10.4. The topological polar surface area (TPSA) is 50.9 Å². The van der Waals surface area contributed by atoms with Gasteiger partial charge < -0.3 is 11.1 Å². The van der Waals surface area contributed by atoms with Gasteiger partial charge in [0.05, 0.1) is 0 Å². The second-order valence-electron chi connectivity index (χ2n) is 3.56. The largest absolute Gasteiger partial charge is 0.329 e. The zero-order valence-electron chi connectivity index (χ0n) is 8.83. The van der Waals surface area contributed by atoms with Crippen LogP contribution < -0.4 is 11.1 Å². The molecular weight excluding hydrogens is 254 g/mol. The lowest BCUT2D eigenvalue weighted by atomic mass is 10.1. The van der Waals surface area contributed by atoms with Gasteiger partial charge in [0.2, 0.25) is 0 Å². The summed E-state index contributed by atoms with van der Waals surface area (Å²) in [6, 6.07) is 2.15. The van der Waals surface area contributed by atoms with Gasteiger partial charge in [-0.05, 0) is 34.5 Å². The van der Waals surface area contributed by atoms with E-state index in [1.165, 1.54) is 0 Å². The van der Waals surface area contributed by atoms with E-state index >= 15 is 0 Å². The van der Waals surface area contributed by atoms with Gasteiger partial charge in [0, 0.05) is 36.0 Å². The summed E-state index contributed by atoms with van der Waals surface area (Å²) in [6.07, 6.45) is 3.59. The van der Waals surface area contributed by atoms with E-state index in [2.05, 4.69) is 32.8 Å². The highest BCUT2D eigenvalue weighted by molar-refractivity contribution is 9.10. The Kier molecular flexibility index (Phi) is 4.94. The first kappa shape index (κ1) is 12.4. The van der Waals surface area contributed by atoms with E-state index in [1.54, 1.807) is 6.20 Å². The average molecular weight is 270 g/mol. The second-order valence-corrected chi connectivity index (χ2v) is 4.48. The first-order valence-corrected chi connectivity index (χ1v) is 5.61. The highest BCUT2D eigenvalue weighted by Gasteiger charge is 2.09. The molecule has 0 aromatic carbocycles. The van der Waals surface area contributed by atoms with Crippen molar-refractivity contribution in [2.45, 2.75) is 13.0 Å². The molecule has 3 N–H and O–H groups in total. The number of aromatic nitrogens is 1. The van der Waals surface area contributed by atoms with Crippen LogP contribution in [0.25, 0.3) is 0 Å². The molecule has 1 aromatic rings. The highest BCUT2D eigenvalue weighted by atomic mass is 79.9. The van der Waals surface area contributed by atoms with Crippen molar-refractivity contribution in [3.05, 3.63) is 40.6 Å². The fraction of sp³-hybridized carbons (Fsp3) is 0.364. The SMILES string of the molecule is C=C(C)CNC(CN)c1cncc(Br)c1. The van der Waals surface area contributed by atoms with E-state index in [-0.39, 0.29) is 6.04 Å². The Morgan fingerprint density at radius 1 is 1.67 bits per heavy atom. The quantitative estimate of drug-likeness (QED) is 0.805. The number of nitrogens with one attached hydrogen (secondary N) is 1. The van der Waals surface area contributed by atoms with Gasteiger partial charge in [0.15, 0.2) is 0 Å². The smallest absolute Gasteiger partial charge is 0.0462 e. The molecule has 1 heterocycles. The van der Waals surface area contributed by atoms with Crippen molar-refractivity contribution in [2.75, 3.05) is 13.1 Å². The Hall–Kier alpha value is -0.710. The number of rotatable bonds is 5. The molecule has 1 atom stereocenters. The van der Waals surface area contributed by atoms with Crippen molar-refractivity contribution in [3.8, 4) is 0 Å². The predicted octanol–water partition coefficient (Wildman–Crippen LogP) is 2.01. The average Bonchev–Trinajstić information content (AvgIpc) is 2.18. The molecule has 0 fully saturated rings. The van der Waals surface area contributed by atoms with E-state index in [0.29, 0.717) is 6.54 Å². The number of hydrogen-bond acceptors (Lipinski definition) is 3. The third-order valence-corrected chi connectivity index (χ3v) is 2.45. The van der Waals surface area contributed by atoms with Crippen molar-refractivity contribution in [1.82, 2.24) is 10.3 Å². The van der Waals surface area contributed by atoms with Gasteiger partial charge in [-0.1, -0.05) is 12.2 Å². The van der Waals surface area contributed by atoms with Gasteiger partial charge in [0.1, 0.15) is 0 Å². The van der Waals surface area contributed by atoms with Gasteiger partial charge in [-0.2, -0.15) is 0 Å². The van der Waals surface area contributed by atoms with Crippen LogP contribution in [0.2, 0.25) is 0 Å². The summed E-state index contributed by atoms with van der Waals surface area (Å²) in [5, 5.41) is 3.33. The molecule has 0 aliphatic carbocycles. The fourth-order valence-electron chi connectivity index (χ4n) is 1.25. The Balaban J connectivity index is 2.69. The molecule has 1 rings (SSSR count). The van der Waals surface area contributed by atoms with Crippen molar-refractivity contribution < 1.29 is 0 Å². The minimum absolute atomic E-state index is 0.131.